The predicted molar refractivity (Wildman–Crippen MR) is 73.9 cm³/mol. The van der Waals surface area contributed by atoms with Crippen LogP contribution in [0.3, 0.4) is 0 Å². The summed E-state index contributed by atoms with van der Waals surface area (Å²) in [7, 11) is 0. The van der Waals surface area contributed by atoms with E-state index >= 15 is 0 Å². The molecule has 0 spiro atoms. The van der Waals surface area contributed by atoms with Gasteiger partial charge in [-0.2, -0.15) is 0 Å². The molecule has 0 aromatic carbocycles. The van der Waals surface area contributed by atoms with Crippen molar-refractivity contribution < 1.29 is 4.74 Å². The fourth-order valence-corrected chi connectivity index (χ4v) is 3.01. The van der Waals surface area contributed by atoms with E-state index in [1.54, 1.807) is 11.3 Å². The monoisotopic (exact) mass is 305 g/mol. The third-order valence-electron chi connectivity index (χ3n) is 2.44. The molecule has 2 nitrogen and oxygen atoms in total. The highest BCUT2D eigenvalue weighted by Crippen LogP contribution is 2.28. The largest absolute Gasteiger partial charge is 0.371 e. The van der Waals surface area contributed by atoms with Gasteiger partial charge < -0.3 is 10.5 Å². The Morgan fingerprint density at radius 2 is 2.19 bits per heavy atom. The van der Waals surface area contributed by atoms with E-state index in [1.165, 1.54) is 24.1 Å². The Hall–Kier alpha value is 0.1000. The lowest BCUT2D eigenvalue weighted by molar-refractivity contribution is 0.0582. The molecule has 2 N–H and O–H groups in total. The molecule has 4 heteroatoms. The molecule has 0 fully saturated rings. The summed E-state index contributed by atoms with van der Waals surface area (Å²) in [5.41, 5.74) is 5.72. The molecule has 1 aromatic heterocycles. The number of ether oxygens (including phenoxy) is 1. The van der Waals surface area contributed by atoms with E-state index < -0.39 is 0 Å². The minimum Gasteiger partial charge on any atom is -0.371 e. The lowest BCUT2D eigenvalue weighted by Crippen LogP contribution is -2.15. The topological polar surface area (TPSA) is 35.2 Å². The van der Waals surface area contributed by atoms with Crippen LogP contribution in [0.5, 0.6) is 0 Å². The van der Waals surface area contributed by atoms with Gasteiger partial charge in [-0.3, -0.25) is 0 Å². The number of hydrogen-bond acceptors (Lipinski definition) is 3. The molecule has 1 aromatic rings. The first-order valence-corrected chi connectivity index (χ1v) is 7.45. The number of nitrogens with two attached hydrogens (primary N) is 1. The Balaban J connectivity index is 2.27. The quantitative estimate of drug-likeness (QED) is 0.734. The molecular formula is C12H20BrNOS. The Morgan fingerprint density at radius 1 is 1.38 bits per heavy atom. The predicted octanol–water partition coefficient (Wildman–Crippen LogP) is 4.11. The number of thiophene rings is 1. The summed E-state index contributed by atoms with van der Waals surface area (Å²) in [6.45, 7) is 3.59. The van der Waals surface area contributed by atoms with Gasteiger partial charge in [0, 0.05) is 18.0 Å². The lowest BCUT2D eigenvalue weighted by atomic mass is 10.2. The molecule has 0 saturated carbocycles. The molecule has 0 bridgehead atoms. The van der Waals surface area contributed by atoms with Gasteiger partial charge in [0.1, 0.15) is 6.10 Å². The minimum absolute atomic E-state index is 0.0675. The van der Waals surface area contributed by atoms with Crippen LogP contribution in [0.4, 0.5) is 0 Å². The van der Waals surface area contributed by atoms with Gasteiger partial charge >= 0.3 is 0 Å². The van der Waals surface area contributed by atoms with E-state index in [9.17, 15) is 0 Å². The standard InChI is InChI=1S/C12H20BrNOS/c1-2-3-4-5-8-15-10(9-14)11-6-7-12(13)16-11/h6-7,10H,2-5,8-9,14H2,1H3. The zero-order valence-corrected chi connectivity index (χ0v) is 12.1. The second-order valence-electron chi connectivity index (χ2n) is 3.80. The Bertz CT molecular complexity index is 290. The highest BCUT2D eigenvalue weighted by molar-refractivity contribution is 9.11. The van der Waals surface area contributed by atoms with Crippen molar-refractivity contribution in [3.8, 4) is 0 Å². The first kappa shape index (κ1) is 14.2. The number of hydrogen-bond donors (Lipinski definition) is 1. The second kappa shape index (κ2) is 8.23. The normalized spacial score (nSPS) is 12.9. The van der Waals surface area contributed by atoms with Crippen LogP contribution in [0, 0.1) is 0 Å². The molecule has 16 heavy (non-hydrogen) atoms. The van der Waals surface area contributed by atoms with Crippen LogP contribution in [0.2, 0.25) is 0 Å². The van der Waals surface area contributed by atoms with Gasteiger partial charge in [-0.1, -0.05) is 26.2 Å². The fourth-order valence-electron chi connectivity index (χ4n) is 1.52. The van der Waals surface area contributed by atoms with Gasteiger partial charge in [-0.05, 0) is 34.5 Å². The summed E-state index contributed by atoms with van der Waals surface area (Å²) in [6.07, 6.45) is 5.01. The summed E-state index contributed by atoms with van der Waals surface area (Å²) in [5, 5.41) is 0. The number of rotatable bonds is 8. The fraction of sp³-hybridized carbons (Fsp3) is 0.667. The average molecular weight is 306 g/mol. The third kappa shape index (κ3) is 4.95. The van der Waals surface area contributed by atoms with Crippen molar-refractivity contribution in [2.24, 2.45) is 5.73 Å². The highest BCUT2D eigenvalue weighted by Gasteiger charge is 2.11. The zero-order chi connectivity index (χ0) is 11.8. The van der Waals surface area contributed by atoms with Crippen LogP contribution in [-0.2, 0) is 4.74 Å². The molecule has 0 aliphatic carbocycles. The molecule has 1 rings (SSSR count). The van der Waals surface area contributed by atoms with Crippen LogP contribution < -0.4 is 5.73 Å². The molecule has 0 aliphatic rings. The smallest absolute Gasteiger partial charge is 0.104 e. The van der Waals surface area contributed by atoms with Crippen molar-refractivity contribution in [1.29, 1.82) is 0 Å². The van der Waals surface area contributed by atoms with Crippen LogP contribution in [0.1, 0.15) is 43.6 Å². The van der Waals surface area contributed by atoms with E-state index in [-0.39, 0.29) is 6.10 Å². The second-order valence-corrected chi connectivity index (χ2v) is 6.29. The Morgan fingerprint density at radius 3 is 2.75 bits per heavy atom. The van der Waals surface area contributed by atoms with E-state index in [0.717, 1.165) is 16.8 Å². The maximum absolute atomic E-state index is 5.80. The summed E-state index contributed by atoms with van der Waals surface area (Å²) in [5.74, 6) is 0. The molecule has 0 radical (unpaired) electrons. The molecule has 1 atom stereocenters. The van der Waals surface area contributed by atoms with E-state index in [2.05, 4.69) is 28.9 Å². The maximum atomic E-state index is 5.80. The van der Waals surface area contributed by atoms with Crippen LogP contribution in [0.15, 0.2) is 15.9 Å². The van der Waals surface area contributed by atoms with Crippen molar-refractivity contribution in [3.05, 3.63) is 20.8 Å². The molecule has 1 heterocycles. The Kier molecular flexibility index (Phi) is 7.28. The van der Waals surface area contributed by atoms with Gasteiger partial charge in [0.15, 0.2) is 0 Å². The zero-order valence-electron chi connectivity index (χ0n) is 9.75. The van der Waals surface area contributed by atoms with Gasteiger partial charge in [-0.25, -0.2) is 0 Å². The van der Waals surface area contributed by atoms with Crippen LogP contribution in [0.25, 0.3) is 0 Å². The number of halogens is 1. The molecule has 92 valence electrons. The average Bonchev–Trinajstić information content (AvgIpc) is 2.70. The van der Waals surface area contributed by atoms with Crippen molar-refractivity contribution >= 4 is 27.3 Å². The first-order valence-electron chi connectivity index (χ1n) is 5.84. The van der Waals surface area contributed by atoms with E-state index in [1.807, 2.05) is 6.07 Å². The molecular weight excluding hydrogens is 286 g/mol. The van der Waals surface area contributed by atoms with Gasteiger partial charge in [0.25, 0.3) is 0 Å². The first-order chi connectivity index (χ1) is 7.77. The summed E-state index contributed by atoms with van der Waals surface area (Å²) < 4.78 is 6.94. The highest BCUT2D eigenvalue weighted by atomic mass is 79.9. The van der Waals surface area contributed by atoms with E-state index in [0.29, 0.717) is 6.54 Å². The molecule has 0 amide bonds. The minimum atomic E-state index is 0.0675. The van der Waals surface area contributed by atoms with Crippen molar-refractivity contribution in [2.75, 3.05) is 13.2 Å². The van der Waals surface area contributed by atoms with Crippen LogP contribution >= 0.6 is 27.3 Å². The maximum Gasteiger partial charge on any atom is 0.104 e. The summed E-state index contributed by atoms with van der Waals surface area (Å²) in [4.78, 5) is 1.21. The Labute approximate surface area is 110 Å². The van der Waals surface area contributed by atoms with Gasteiger partial charge in [0.05, 0.1) is 3.79 Å². The van der Waals surface area contributed by atoms with Gasteiger partial charge in [-0.15, -0.1) is 11.3 Å². The van der Waals surface area contributed by atoms with Crippen molar-refractivity contribution in [3.63, 3.8) is 0 Å². The molecule has 0 aliphatic heterocycles. The van der Waals surface area contributed by atoms with E-state index in [4.69, 9.17) is 10.5 Å². The summed E-state index contributed by atoms with van der Waals surface area (Å²) >= 11 is 5.15. The van der Waals surface area contributed by atoms with Crippen molar-refractivity contribution in [1.82, 2.24) is 0 Å². The van der Waals surface area contributed by atoms with Crippen molar-refractivity contribution in [2.45, 2.75) is 38.7 Å². The SMILES string of the molecule is CCCCCCOC(CN)c1ccc(Br)s1. The molecule has 1 unspecified atom stereocenters. The molecule has 0 saturated heterocycles. The summed E-state index contributed by atoms with van der Waals surface area (Å²) in [6, 6.07) is 4.13. The van der Waals surface area contributed by atoms with Gasteiger partial charge in [0.2, 0.25) is 0 Å². The number of unbranched alkanes of at least 4 members (excludes halogenated alkanes) is 3. The van der Waals surface area contributed by atoms with Crippen LogP contribution in [-0.4, -0.2) is 13.2 Å². The third-order valence-corrected chi connectivity index (χ3v) is 4.16. The lowest BCUT2D eigenvalue weighted by Gasteiger charge is -2.14.